The summed E-state index contributed by atoms with van der Waals surface area (Å²) in [6.07, 6.45) is 1.54. The molecule has 2 nitrogen and oxygen atoms in total. The number of halogens is 2. The minimum Gasteiger partial charge on any atom is -0.441 e. The van der Waals surface area contributed by atoms with Gasteiger partial charge in [-0.2, -0.15) is 0 Å². The lowest BCUT2D eigenvalue weighted by Gasteiger charge is -1.98. The van der Waals surface area contributed by atoms with Crippen LogP contribution in [0.2, 0.25) is 5.02 Å². The number of hydrogen-bond acceptors (Lipinski definition) is 2. The van der Waals surface area contributed by atoms with Gasteiger partial charge in [-0.05, 0) is 25.1 Å². The highest BCUT2D eigenvalue weighted by Gasteiger charge is 2.10. The van der Waals surface area contributed by atoms with Crippen LogP contribution < -0.4 is 0 Å². The van der Waals surface area contributed by atoms with Gasteiger partial charge in [-0.25, -0.2) is 9.37 Å². The van der Waals surface area contributed by atoms with Crippen LogP contribution in [0.1, 0.15) is 5.76 Å². The maximum absolute atomic E-state index is 13.3. The van der Waals surface area contributed by atoms with E-state index in [-0.39, 0.29) is 11.5 Å². The maximum atomic E-state index is 13.3. The molecule has 2 aromatic rings. The first-order chi connectivity index (χ1) is 6.66. The van der Waals surface area contributed by atoms with Crippen LogP contribution in [0.5, 0.6) is 0 Å². The molecule has 1 heterocycles. The highest BCUT2D eigenvalue weighted by Crippen LogP contribution is 2.25. The standard InChI is InChI=1S/C10H7ClFNO/c1-6-5-13-10(14-6)8-4-7(11)2-3-9(8)12/h2-5H,1H3. The molecule has 0 saturated carbocycles. The Morgan fingerprint density at radius 1 is 1.43 bits per heavy atom. The third-order valence-corrected chi connectivity index (χ3v) is 2.02. The second kappa shape index (κ2) is 3.42. The zero-order valence-electron chi connectivity index (χ0n) is 7.42. The van der Waals surface area contributed by atoms with Crippen molar-refractivity contribution in [3.63, 3.8) is 0 Å². The second-order valence-corrected chi connectivity index (χ2v) is 3.34. The lowest BCUT2D eigenvalue weighted by Crippen LogP contribution is -1.83. The molecule has 0 saturated heterocycles. The molecule has 0 aliphatic rings. The summed E-state index contributed by atoms with van der Waals surface area (Å²) in [5.74, 6) is 0.498. The first-order valence-corrected chi connectivity index (χ1v) is 4.42. The van der Waals surface area contributed by atoms with Crippen LogP contribution >= 0.6 is 11.6 Å². The Morgan fingerprint density at radius 2 is 2.21 bits per heavy atom. The van der Waals surface area contributed by atoms with Crippen molar-refractivity contribution in [2.24, 2.45) is 0 Å². The van der Waals surface area contributed by atoms with E-state index in [1.54, 1.807) is 6.92 Å². The van der Waals surface area contributed by atoms with E-state index < -0.39 is 5.82 Å². The number of oxazole rings is 1. The van der Waals surface area contributed by atoms with Gasteiger partial charge in [0.15, 0.2) is 0 Å². The molecule has 0 atom stereocenters. The Bertz CT molecular complexity index is 467. The lowest BCUT2D eigenvalue weighted by molar-refractivity contribution is 0.534. The molecule has 0 radical (unpaired) electrons. The Hall–Kier alpha value is -1.35. The van der Waals surface area contributed by atoms with Crippen LogP contribution in [-0.4, -0.2) is 4.98 Å². The van der Waals surface area contributed by atoms with E-state index in [2.05, 4.69) is 4.98 Å². The first-order valence-electron chi connectivity index (χ1n) is 4.04. The van der Waals surface area contributed by atoms with Crippen LogP contribution in [0.3, 0.4) is 0 Å². The van der Waals surface area contributed by atoms with Crippen molar-refractivity contribution >= 4 is 11.6 Å². The zero-order valence-corrected chi connectivity index (χ0v) is 8.18. The van der Waals surface area contributed by atoms with Gasteiger partial charge in [0.25, 0.3) is 0 Å². The van der Waals surface area contributed by atoms with Crippen molar-refractivity contribution < 1.29 is 8.81 Å². The number of aryl methyl sites for hydroxylation is 1. The third kappa shape index (κ3) is 1.63. The SMILES string of the molecule is Cc1cnc(-c2cc(Cl)ccc2F)o1. The minimum absolute atomic E-state index is 0.252. The van der Waals surface area contributed by atoms with Gasteiger partial charge in [0, 0.05) is 5.02 Å². The Labute approximate surface area is 85.3 Å². The number of rotatable bonds is 1. The Kier molecular flexibility index (Phi) is 2.25. The molecule has 0 bridgehead atoms. The number of aromatic nitrogens is 1. The molecule has 0 aliphatic heterocycles. The van der Waals surface area contributed by atoms with Crippen molar-refractivity contribution in [1.29, 1.82) is 0 Å². The van der Waals surface area contributed by atoms with E-state index in [9.17, 15) is 4.39 Å². The zero-order chi connectivity index (χ0) is 10.1. The van der Waals surface area contributed by atoms with E-state index in [1.165, 1.54) is 24.4 Å². The van der Waals surface area contributed by atoms with Crippen molar-refractivity contribution in [2.45, 2.75) is 6.92 Å². The van der Waals surface area contributed by atoms with Crippen molar-refractivity contribution in [3.05, 3.63) is 41.0 Å². The fraction of sp³-hybridized carbons (Fsp3) is 0.100. The molecular weight excluding hydrogens is 205 g/mol. The fourth-order valence-electron chi connectivity index (χ4n) is 1.14. The van der Waals surface area contributed by atoms with Gasteiger partial charge in [0.05, 0.1) is 11.8 Å². The van der Waals surface area contributed by atoms with E-state index in [4.69, 9.17) is 16.0 Å². The van der Waals surface area contributed by atoms with E-state index in [0.29, 0.717) is 10.8 Å². The topological polar surface area (TPSA) is 26.0 Å². The molecule has 14 heavy (non-hydrogen) atoms. The second-order valence-electron chi connectivity index (χ2n) is 2.90. The van der Waals surface area contributed by atoms with Crippen LogP contribution in [0.25, 0.3) is 11.5 Å². The number of nitrogens with zero attached hydrogens (tertiary/aromatic N) is 1. The summed E-state index contributed by atoms with van der Waals surface area (Å²) in [6, 6.07) is 4.26. The summed E-state index contributed by atoms with van der Waals surface area (Å²) in [4.78, 5) is 3.92. The smallest absolute Gasteiger partial charge is 0.229 e. The summed E-state index contributed by atoms with van der Waals surface area (Å²) in [6.45, 7) is 1.75. The molecule has 0 unspecified atom stereocenters. The largest absolute Gasteiger partial charge is 0.441 e. The van der Waals surface area contributed by atoms with Gasteiger partial charge in [-0.1, -0.05) is 11.6 Å². The predicted molar refractivity (Wildman–Crippen MR) is 51.6 cm³/mol. The summed E-state index contributed by atoms with van der Waals surface area (Å²) in [5, 5.41) is 0.456. The number of benzene rings is 1. The molecule has 0 spiro atoms. The third-order valence-electron chi connectivity index (χ3n) is 1.78. The predicted octanol–water partition coefficient (Wildman–Crippen LogP) is 3.44. The maximum Gasteiger partial charge on any atom is 0.229 e. The van der Waals surface area contributed by atoms with Gasteiger partial charge in [-0.15, -0.1) is 0 Å². The molecular formula is C10H7ClFNO. The van der Waals surface area contributed by atoms with Gasteiger partial charge >= 0.3 is 0 Å². The van der Waals surface area contributed by atoms with Crippen LogP contribution in [-0.2, 0) is 0 Å². The molecule has 0 aliphatic carbocycles. The van der Waals surface area contributed by atoms with E-state index in [0.717, 1.165) is 0 Å². The molecule has 4 heteroatoms. The first kappa shape index (κ1) is 9.21. The van der Waals surface area contributed by atoms with Gasteiger partial charge < -0.3 is 4.42 Å². The summed E-state index contributed by atoms with van der Waals surface area (Å²) in [5.41, 5.74) is 0.283. The molecule has 1 aromatic carbocycles. The average Bonchev–Trinajstić information content (AvgIpc) is 2.56. The average molecular weight is 212 g/mol. The molecule has 0 fully saturated rings. The summed E-state index contributed by atoms with van der Waals surface area (Å²) in [7, 11) is 0. The quantitative estimate of drug-likeness (QED) is 0.722. The van der Waals surface area contributed by atoms with Crippen molar-refractivity contribution in [3.8, 4) is 11.5 Å². The van der Waals surface area contributed by atoms with E-state index >= 15 is 0 Å². The normalized spacial score (nSPS) is 10.5. The number of hydrogen-bond donors (Lipinski definition) is 0. The van der Waals surface area contributed by atoms with Crippen LogP contribution in [0.15, 0.2) is 28.8 Å². The monoisotopic (exact) mass is 211 g/mol. The summed E-state index contributed by atoms with van der Waals surface area (Å²) >= 11 is 5.74. The molecule has 2 rings (SSSR count). The Balaban J connectivity index is 2.55. The fourth-order valence-corrected chi connectivity index (χ4v) is 1.31. The Morgan fingerprint density at radius 3 is 2.86 bits per heavy atom. The van der Waals surface area contributed by atoms with Crippen molar-refractivity contribution in [2.75, 3.05) is 0 Å². The minimum atomic E-state index is -0.392. The van der Waals surface area contributed by atoms with Crippen LogP contribution in [0, 0.1) is 12.7 Å². The lowest BCUT2D eigenvalue weighted by atomic mass is 10.2. The summed E-state index contributed by atoms with van der Waals surface area (Å²) < 4.78 is 18.5. The molecule has 72 valence electrons. The van der Waals surface area contributed by atoms with Gasteiger partial charge in [0.1, 0.15) is 11.6 Å². The van der Waals surface area contributed by atoms with E-state index in [1.807, 2.05) is 0 Å². The van der Waals surface area contributed by atoms with Crippen molar-refractivity contribution in [1.82, 2.24) is 4.98 Å². The molecule has 1 aromatic heterocycles. The highest BCUT2D eigenvalue weighted by atomic mass is 35.5. The molecule has 0 amide bonds. The van der Waals surface area contributed by atoms with Gasteiger partial charge in [0.2, 0.25) is 5.89 Å². The highest BCUT2D eigenvalue weighted by molar-refractivity contribution is 6.30. The van der Waals surface area contributed by atoms with Crippen LogP contribution in [0.4, 0.5) is 4.39 Å². The molecule has 0 N–H and O–H groups in total. The van der Waals surface area contributed by atoms with Gasteiger partial charge in [-0.3, -0.25) is 0 Å².